The summed E-state index contributed by atoms with van der Waals surface area (Å²) in [5, 5.41) is 3.15. The Kier molecular flexibility index (Phi) is 5.05. The van der Waals surface area contributed by atoms with Gasteiger partial charge < -0.3 is 5.32 Å². The summed E-state index contributed by atoms with van der Waals surface area (Å²) >= 11 is 0. The lowest BCUT2D eigenvalue weighted by Crippen LogP contribution is -2.34. The Morgan fingerprint density at radius 1 is 1.25 bits per heavy atom. The van der Waals surface area contributed by atoms with Gasteiger partial charge in [0.2, 0.25) is 10.0 Å². The maximum atomic E-state index is 12.9. The summed E-state index contributed by atoms with van der Waals surface area (Å²) in [4.78, 5) is 0.407. The van der Waals surface area contributed by atoms with E-state index >= 15 is 0 Å². The van der Waals surface area contributed by atoms with E-state index in [1.807, 2.05) is 19.1 Å². The highest BCUT2D eigenvalue weighted by Crippen LogP contribution is 2.34. The van der Waals surface area contributed by atoms with Crippen LogP contribution in [0, 0.1) is 0 Å². The lowest BCUT2D eigenvalue weighted by molar-refractivity contribution is 0.396. The smallest absolute Gasteiger partial charge is 0.245 e. The van der Waals surface area contributed by atoms with Crippen molar-refractivity contribution in [3.05, 3.63) is 24.3 Å². The van der Waals surface area contributed by atoms with Gasteiger partial charge in [-0.1, -0.05) is 25.5 Å². The van der Waals surface area contributed by atoms with Crippen molar-refractivity contribution in [2.75, 3.05) is 18.4 Å². The second-order valence-electron chi connectivity index (χ2n) is 5.23. The van der Waals surface area contributed by atoms with Crippen LogP contribution >= 0.6 is 0 Å². The van der Waals surface area contributed by atoms with Crippen LogP contribution in [0.15, 0.2) is 29.2 Å². The lowest BCUT2D eigenvalue weighted by Gasteiger charge is -2.23. The van der Waals surface area contributed by atoms with Crippen molar-refractivity contribution >= 4 is 15.7 Å². The zero-order valence-corrected chi connectivity index (χ0v) is 13.1. The molecule has 112 valence electrons. The average Bonchev–Trinajstić information content (AvgIpc) is 3.24. The van der Waals surface area contributed by atoms with E-state index in [1.165, 1.54) is 0 Å². The third-order valence-electron chi connectivity index (χ3n) is 3.53. The molecule has 5 heteroatoms. The molecule has 0 heterocycles. The van der Waals surface area contributed by atoms with Gasteiger partial charge in [0, 0.05) is 19.1 Å². The topological polar surface area (TPSA) is 49.4 Å². The van der Waals surface area contributed by atoms with Gasteiger partial charge in [0.25, 0.3) is 0 Å². The predicted molar refractivity (Wildman–Crippen MR) is 82.4 cm³/mol. The van der Waals surface area contributed by atoms with Crippen LogP contribution in [0.25, 0.3) is 0 Å². The molecule has 1 aromatic carbocycles. The third-order valence-corrected chi connectivity index (χ3v) is 5.54. The number of sulfonamides is 1. The second kappa shape index (κ2) is 6.59. The summed E-state index contributed by atoms with van der Waals surface area (Å²) in [5.41, 5.74) is 0.706. The highest BCUT2D eigenvalue weighted by atomic mass is 32.2. The molecule has 1 aliphatic rings. The quantitative estimate of drug-likeness (QED) is 0.802. The van der Waals surface area contributed by atoms with Crippen molar-refractivity contribution in [1.29, 1.82) is 0 Å². The molecule has 20 heavy (non-hydrogen) atoms. The number of para-hydroxylation sites is 1. The molecule has 1 aliphatic carbocycles. The molecule has 0 amide bonds. The van der Waals surface area contributed by atoms with Gasteiger partial charge >= 0.3 is 0 Å². The Morgan fingerprint density at radius 3 is 2.55 bits per heavy atom. The largest absolute Gasteiger partial charge is 0.384 e. The van der Waals surface area contributed by atoms with Gasteiger partial charge in [-0.2, -0.15) is 4.31 Å². The fourth-order valence-corrected chi connectivity index (χ4v) is 4.22. The van der Waals surface area contributed by atoms with Gasteiger partial charge in [-0.05, 0) is 38.3 Å². The van der Waals surface area contributed by atoms with Crippen molar-refractivity contribution in [3.63, 3.8) is 0 Å². The molecule has 0 radical (unpaired) electrons. The zero-order chi connectivity index (χ0) is 14.6. The van der Waals surface area contributed by atoms with Crippen LogP contribution in [0.4, 0.5) is 5.69 Å². The van der Waals surface area contributed by atoms with Gasteiger partial charge in [-0.25, -0.2) is 8.42 Å². The molecule has 1 aromatic rings. The highest BCUT2D eigenvalue weighted by molar-refractivity contribution is 7.89. The molecule has 0 atom stereocenters. The Hall–Kier alpha value is -1.07. The fourth-order valence-electron chi connectivity index (χ4n) is 2.33. The Labute approximate surface area is 122 Å². The molecule has 0 aromatic heterocycles. The summed E-state index contributed by atoms with van der Waals surface area (Å²) < 4.78 is 27.5. The molecule has 0 bridgehead atoms. The molecular weight excluding hydrogens is 272 g/mol. The van der Waals surface area contributed by atoms with Crippen molar-refractivity contribution in [2.45, 2.75) is 50.5 Å². The van der Waals surface area contributed by atoms with Crippen LogP contribution in [-0.2, 0) is 10.0 Å². The van der Waals surface area contributed by atoms with Crippen LogP contribution < -0.4 is 5.32 Å². The molecule has 1 N–H and O–H groups in total. The Bertz CT molecular complexity index is 539. The lowest BCUT2D eigenvalue weighted by atomic mass is 10.3. The molecule has 1 fully saturated rings. The van der Waals surface area contributed by atoms with Crippen LogP contribution in [0.2, 0.25) is 0 Å². The van der Waals surface area contributed by atoms with Crippen LogP contribution in [0.3, 0.4) is 0 Å². The van der Waals surface area contributed by atoms with Crippen LogP contribution in [0.5, 0.6) is 0 Å². The normalized spacial score (nSPS) is 15.6. The van der Waals surface area contributed by atoms with Crippen molar-refractivity contribution < 1.29 is 8.42 Å². The maximum absolute atomic E-state index is 12.9. The molecule has 0 aliphatic heterocycles. The first-order valence-corrected chi connectivity index (χ1v) is 8.90. The first kappa shape index (κ1) is 15.3. The maximum Gasteiger partial charge on any atom is 0.245 e. The molecule has 0 saturated heterocycles. The summed E-state index contributed by atoms with van der Waals surface area (Å²) in [6.45, 7) is 5.40. The number of nitrogens with zero attached hydrogens (tertiary/aromatic N) is 1. The molecule has 2 rings (SSSR count). The van der Waals surface area contributed by atoms with Crippen LogP contribution in [0.1, 0.15) is 39.5 Å². The third kappa shape index (κ3) is 3.33. The standard InChI is InChI=1S/C15H24N2O2S/c1-3-5-12-17(13-10-11-13)20(18,19)15-9-7-6-8-14(15)16-4-2/h6-9,13,16H,3-5,10-12H2,1-2H3. The van der Waals surface area contributed by atoms with Gasteiger partial charge in [0.1, 0.15) is 4.90 Å². The van der Waals surface area contributed by atoms with Gasteiger partial charge in [-0.3, -0.25) is 0 Å². The number of benzene rings is 1. The van der Waals surface area contributed by atoms with E-state index in [1.54, 1.807) is 16.4 Å². The monoisotopic (exact) mass is 296 g/mol. The summed E-state index contributed by atoms with van der Waals surface area (Å²) in [6.07, 6.45) is 3.91. The van der Waals surface area contributed by atoms with Gasteiger partial charge in [-0.15, -0.1) is 0 Å². The Balaban J connectivity index is 2.32. The minimum absolute atomic E-state index is 0.209. The number of nitrogens with one attached hydrogen (secondary N) is 1. The highest BCUT2D eigenvalue weighted by Gasteiger charge is 2.38. The summed E-state index contributed by atoms with van der Waals surface area (Å²) in [5.74, 6) is 0. The molecule has 4 nitrogen and oxygen atoms in total. The van der Waals surface area contributed by atoms with E-state index in [2.05, 4.69) is 12.2 Å². The first-order chi connectivity index (χ1) is 9.61. The molecule has 0 spiro atoms. The number of anilines is 1. The number of hydrogen-bond donors (Lipinski definition) is 1. The number of unbranched alkanes of at least 4 members (excludes halogenated alkanes) is 1. The van der Waals surface area contributed by atoms with Crippen molar-refractivity contribution in [3.8, 4) is 0 Å². The van der Waals surface area contributed by atoms with E-state index in [0.717, 1.165) is 25.7 Å². The van der Waals surface area contributed by atoms with E-state index in [0.29, 0.717) is 23.7 Å². The van der Waals surface area contributed by atoms with Gasteiger partial charge in [0.05, 0.1) is 5.69 Å². The summed E-state index contributed by atoms with van der Waals surface area (Å²) in [6, 6.07) is 7.40. The average molecular weight is 296 g/mol. The van der Waals surface area contributed by atoms with E-state index in [-0.39, 0.29) is 6.04 Å². The Morgan fingerprint density at radius 2 is 1.95 bits per heavy atom. The van der Waals surface area contributed by atoms with E-state index in [4.69, 9.17) is 0 Å². The molecule has 0 unspecified atom stereocenters. The number of hydrogen-bond acceptors (Lipinski definition) is 3. The first-order valence-electron chi connectivity index (χ1n) is 7.46. The molecule has 1 saturated carbocycles. The zero-order valence-electron chi connectivity index (χ0n) is 12.3. The predicted octanol–water partition coefficient (Wildman–Crippen LogP) is 3.07. The van der Waals surface area contributed by atoms with Crippen molar-refractivity contribution in [2.24, 2.45) is 0 Å². The number of rotatable bonds is 8. The van der Waals surface area contributed by atoms with E-state index in [9.17, 15) is 8.42 Å². The van der Waals surface area contributed by atoms with Crippen molar-refractivity contribution in [1.82, 2.24) is 4.31 Å². The fraction of sp³-hybridized carbons (Fsp3) is 0.600. The van der Waals surface area contributed by atoms with Crippen LogP contribution in [-0.4, -0.2) is 31.9 Å². The van der Waals surface area contributed by atoms with E-state index < -0.39 is 10.0 Å². The SMILES string of the molecule is CCCCN(C1CC1)S(=O)(=O)c1ccccc1NCC. The minimum atomic E-state index is -3.39. The van der Waals surface area contributed by atoms with Gasteiger partial charge in [0.15, 0.2) is 0 Å². The second-order valence-corrected chi connectivity index (χ2v) is 7.09. The summed E-state index contributed by atoms with van der Waals surface area (Å²) in [7, 11) is -3.39. The minimum Gasteiger partial charge on any atom is -0.384 e. The molecular formula is C15H24N2O2S.